The lowest BCUT2D eigenvalue weighted by Crippen LogP contribution is -2.23. The summed E-state index contributed by atoms with van der Waals surface area (Å²) < 4.78 is 11.4. The summed E-state index contributed by atoms with van der Waals surface area (Å²) in [5, 5.41) is 3.91. The molecule has 0 radical (unpaired) electrons. The van der Waals surface area contributed by atoms with Crippen molar-refractivity contribution in [2.45, 2.75) is 33.2 Å². The van der Waals surface area contributed by atoms with Gasteiger partial charge in [0.05, 0.1) is 12.6 Å². The van der Waals surface area contributed by atoms with Crippen LogP contribution in [0.25, 0.3) is 0 Å². The topological polar surface area (TPSA) is 34.4 Å². The van der Waals surface area contributed by atoms with E-state index in [-0.39, 0.29) is 6.04 Å². The van der Waals surface area contributed by atoms with Gasteiger partial charge in [-0.15, -0.1) is 0 Å². The summed E-state index contributed by atoms with van der Waals surface area (Å²) in [7, 11) is 0. The van der Waals surface area contributed by atoms with Gasteiger partial charge in [0.15, 0.2) is 5.22 Å². The van der Waals surface area contributed by atoms with E-state index in [1.54, 1.807) is 6.07 Å². The molecular formula is C17H22ClNO2. The summed E-state index contributed by atoms with van der Waals surface area (Å²) in [6, 6.07) is 9.83. The van der Waals surface area contributed by atoms with Crippen LogP contribution in [-0.4, -0.2) is 13.2 Å². The van der Waals surface area contributed by atoms with Gasteiger partial charge in [-0.05, 0) is 56.6 Å². The fraction of sp³-hybridized carbons (Fsp3) is 0.412. The van der Waals surface area contributed by atoms with Crippen molar-refractivity contribution in [3.8, 4) is 5.75 Å². The van der Waals surface area contributed by atoms with Gasteiger partial charge in [0.25, 0.3) is 0 Å². The molecule has 0 saturated heterocycles. The van der Waals surface area contributed by atoms with Gasteiger partial charge >= 0.3 is 0 Å². The molecule has 0 spiro atoms. The number of furan rings is 1. The van der Waals surface area contributed by atoms with Crippen LogP contribution in [0.15, 0.2) is 34.7 Å². The van der Waals surface area contributed by atoms with E-state index in [0.717, 1.165) is 30.0 Å². The number of aryl methyl sites for hydroxylation is 1. The molecule has 1 aromatic carbocycles. The molecule has 21 heavy (non-hydrogen) atoms. The number of benzene rings is 1. The predicted molar refractivity (Wildman–Crippen MR) is 86.2 cm³/mol. The Labute approximate surface area is 131 Å². The van der Waals surface area contributed by atoms with Crippen LogP contribution < -0.4 is 10.1 Å². The quantitative estimate of drug-likeness (QED) is 0.803. The monoisotopic (exact) mass is 307 g/mol. The van der Waals surface area contributed by atoms with E-state index in [1.807, 2.05) is 19.1 Å². The maximum absolute atomic E-state index is 5.93. The third-order valence-corrected chi connectivity index (χ3v) is 3.46. The Bertz CT molecular complexity index is 580. The van der Waals surface area contributed by atoms with Crippen molar-refractivity contribution in [3.05, 3.63) is 52.4 Å². The van der Waals surface area contributed by atoms with Gasteiger partial charge in [0.2, 0.25) is 0 Å². The van der Waals surface area contributed by atoms with Crippen LogP contribution in [0.3, 0.4) is 0 Å². The molecular weight excluding hydrogens is 286 g/mol. The van der Waals surface area contributed by atoms with Crippen LogP contribution in [0.2, 0.25) is 5.22 Å². The van der Waals surface area contributed by atoms with Gasteiger partial charge in [-0.25, -0.2) is 0 Å². The van der Waals surface area contributed by atoms with Crippen LogP contribution >= 0.6 is 11.6 Å². The van der Waals surface area contributed by atoms with Crippen molar-refractivity contribution in [2.24, 2.45) is 0 Å². The first kappa shape index (κ1) is 15.9. The second-order valence-electron chi connectivity index (χ2n) is 5.00. The largest absolute Gasteiger partial charge is 0.494 e. The van der Waals surface area contributed by atoms with E-state index < -0.39 is 0 Å². The molecule has 3 nitrogen and oxygen atoms in total. The van der Waals surface area contributed by atoms with E-state index in [2.05, 4.69) is 31.3 Å². The molecule has 4 heteroatoms. The van der Waals surface area contributed by atoms with Crippen molar-refractivity contribution in [1.82, 2.24) is 5.32 Å². The van der Waals surface area contributed by atoms with Gasteiger partial charge in [-0.3, -0.25) is 0 Å². The summed E-state index contributed by atoms with van der Waals surface area (Å²) in [6.45, 7) is 7.73. The molecule has 2 rings (SSSR count). The molecule has 0 aliphatic rings. The highest BCUT2D eigenvalue weighted by Gasteiger charge is 2.21. The molecule has 1 atom stereocenters. The fourth-order valence-electron chi connectivity index (χ4n) is 2.32. The number of ether oxygens (including phenoxy) is 1. The molecule has 0 saturated carbocycles. The van der Waals surface area contributed by atoms with Crippen LogP contribution in [0.1, 0.15) is 43.2 Å². The second-order valence-corrected chi connectivity index (χ2v) is 5.38. The molecule has 0 aliphatic heterocycles. The molecule has 0 fully saturated rings. The zero-order valence-corrected chi connectivity index (χ0v) is 13.5. The lowest BCUT2D eigenvalue weighted by molar-refractivity contribution is 0.330. The molecule has 1 heterocycles. The van der Waals surface area contributed by atoms with Gasteiger partial charge < -0.3 is 14.5 Å². The van der Waals surface area contributed by atoms with Crippen molar-refractivity contribution >= 4 is 11.6 Å². The average molecular weight is 308 g/mol. The molecule has 2 aromatic rings. The standard InChI is InChI=1S/C17H22ClNO2/c1-4-10-19-17(15-8-9-16(18)21-15)13-11-12(3)6-7-14(13)20-5-2/h6-9,11,17,19H,4-5,10H2,1-3H3. The number of rotatable bonds is 7. The summed E-state index contributed by atoms with van der Waals surface area (Å²) in [4.78, 5) is 0. The molecule has 1 N–H and O–H groups in total. The van der Waals surface area contributed by atoms with Crippen LogP contribution in [-0.2, 0) is 0 Å². The summed E-state index contributed by atoms with van der Waals surface area (Å²) >= 11 is 5.93. The Balaban J connectivity index is 2.42. The van der Waals surface area contributed by atoms with E-state index in [4.69, 9.17) is 20.8 Å². The van der Waals surface area contributed by atoms with Crippen molar-refractivity contribution in [1.29, 1.82) is 0 Å². The SMILES string of the molecule is CCCNC(c1ccc(Cl)o1)c1cc(C)ccc1OCC. The Morgan fingerprint density at radius 1 is 1.24 bits per heavy atom. The van der Waals surface area contributed by atoms with Crippen LogP contribution in [0.5, 0.6) is 5.75 Å². The first-order valence-corrected chi connectivity index (χ1v) is 7.75. The maximum Gasteiger partial charge on any atom is 0.193 e. The molecule has 0 bridgehead atoms. The third-order valence-electron chi connectivity index (χ3n) is 3.25. The lowest BCUT2D eigenvalue weighted by Gasteiger charge is -2.20. The smallest absolute Gasteiger partial charge is 0.193 e. The molecule has 1 aromatic heterocycles. The molecule has 0 aliphatic carbocycles. The minimum absolute atomic E-state index is 0.0566. The third kappa shape index (κ3) is 4.02. The first-order valence-electron chi connectivity index (χ1n) is 7.37. The summed E-state index contributed by atoms with van der Waals surface area (Å²) in [5.74, 6) is 1.68. The van der Waals surface area contributed by atoms with Crippen LogP contribution in [0.4, 0.5) is 0 Å². The zero-order valence-electron chi connectivity index (χ0n) is 12.8. The zero-order chi connectivity index (χ0) is 15.2. The van der Waals surface area contributed by atoms with Gasteiger partial charge in [-0.2, -0.15) is 0 Å². The van der Waals surface area contributed by atoms with E-state index in [1.165, 1.54) is 5.56 Å². The highest BCUT2D eigenvalue weighted by Crippen LogP contribution is 2.33. The highest BCUT2D eigenvalue weighted by atomic mass is 35.5. The number of nitrogens with one attached hydrogen (secondary N) is 1. The number of hydrogen-bond donors (Lipinski definition) is 1. The minimum Gasteiger partial charge on any atom is -0.494 e. The summed E-state index contributed by atoms with van der Waals surface area (Å²) in [6.07, 6.45) is 1.04. The maximum atomic E-state index is 5.93. The lowest BCUT2D eigenvalue weighted by atomic mass is 10.0. The Morgan fingerprint density at radius 2 is 2.05 bits per heavy atom. The molecule has 0 amide bonds. The highest BCUT2D eigenvalue weighted by molar-refractivity contribution is 6.28. The normalized spacial score (nSPS) is 12.4. The Morgan fingerprint density at radius 3 is 2.67 bits per heavy atom. The van der Waals surface area contributed by atoms with Gasteiger partial charge in [0.1, 0.15) is 11.5 Å². The second kappa shape index (κ2) is 7.53. The van der Waals surface area contributed by atoms with E-state index in [9.17, 15) is 0 Å². The Hall–Kier alpha value is -1.45. The number of hydrogen-bond acceptors (Lipinski definition) is 3. The van der Waals surface area contributed by atoms with Gasteiger partial charge in [0, 0.05) is 5.56 Å². The van der Waals surface area contributed by atoms with Crippen molar-refractivity contribution in [2.75, 3.05) is 13.2 Å². The van der Waals surface area contributed by atoms with Crippen molar-refractivity contribution in [3.63, 3.8) is 0 Å². The summed E-state index contributed by atoms with van der Waals surface area (Å²) in [5.41, 5.74) is 2.27. The molecule has 1 unspecified atom stereocenters. The van der Waals surface area contributed by atoms with Gasteiger partial charge in [-0.1, -0.05) is 24.6 Å². The average Bonchev–Trinajstić information content (AvgIpc) is 2.89. The minimum atomic E-state index is -0.0566. The predicted octanol–water partition coefficient (Wildman–Crippen LogP) is 4.73. The van der Waals surface area contributed by atoms with E-state index >= 15 is 0 Å². The van der Waals surface area contributed by atoms with E-state index in [0.29, 0.717) is 11.8 Å². The molecule has 114 valence electrons. The first-order chi connectivity index (χ1) is 10.2. The fourth-order valence-corrected chi connectivity index (χ4v) is 2.47. The number of halogens is 1. The van der Waals surface area contributed by atoms with Crippen LogP contribution in [0, 0.1) is 6.92 Å². The Kier molecular flexibility index (Phi) is 5.71. The van der Waals surface area contributed by atoms with Crippen molar-refractivity contribution < 1.29 is 9.15 Å².